The summed E-state index contributed by atoms with van der Waals surface area (Å²) in [5, 5.41) is 2.80. The normalized spacial score (nSPS) is 11.4. The molecular weight excluding hydrogens is 396 g/mol. The molecule has 0 fully saturated rings. The van der Waals surface area contributed by atoms with Crippen molar-refractivity contribution in [1.29, 1.82) is 0 Å². The van der Waals surface area contributed by atoms with E-state index in [-0.39, 0.29) is 18.2 Å². The standard InChI is InChI=1S/C24H32N2O5/c1-5-25-24(28)18(2)26(17-19-8-10-20(29-3)11-9-19)23(27)7-6-16-31-22-14-12-21(30-4)13-15-22/h8-15,18H,5-7,16-17H2,1-4H3,(H,25,28)/t18-/m0/s1. The van der Waals surface area contributed by atoms with Crippen molar-refractivity contribution in [3.8, 4) is 17.2 Å². The Kier molecular flexibility index (Phi) is 9.68. The monoisotopic (exact) mass is 428 g/mol. The fourth-order valence-corrected chi connectivity index (χ4v) is 3.06. The molecular formula is C24H32N2O5. The van der Waals surface area contributed by atoms with Gasteiger partial charge in [0, 0.05) is 19.5 Å². The first-order valence-corrected chi connectivity index (χ1v) is 10.5. The Morgan fingerprint density at radius 2 is 1.48 bits per heavy atom. The van der Waals surface area contributed by atoms with Crippen molar-refractivity contribution >= 4 is 11.8 Å². The van der Waals surface area contributed by atoms with Crippen molar-refractivity contribution in [2.75, 3.05) is 27.4 Å². The van der Waals surface area contributed by atoms with Crippen molar-refractivity contribution in [1.82, 2.24) is 10.2 Å². The molecule has 168 valence electrons. The molecule has 7 heteroatoms. The minimum absolute atomic E-state index is 0.0899. The number of likely N-dealkylation sites (N-methyl/N-ethyl adjacent to an activating group) is 1. The first kappa shape index (κ1) is 24.1. The van der Waals surface area contributed by atoms with E-state index in [9.17, 15) is 9.59 Å². The van der Waals surface area contributed by atoms with Crippen LogP contribution in [0.3, 0.4) is 0 Å². The molecule has 0 unspecified atom stereocenters. The van der Waals surface area contributed by atoms with Gasteiger partial charge in [-0.25, -0.2) is 0 Å². The minimum atomic E-state index is -0.572. The van der Waals surface area contributed by atoms with Crippen LogP contribution in [-0.2, 0) is 16.1 Å². The van der Waals surface area contributed by atoms with Gasteiger partial charge in [-0.1, -0.05) is 12.1 Å². The number of carbonyl (C=O) groups is 2. The third kappa shape index (κ3) is 7.51. The summed E-state index contributed by atoms with van der Waals surface area (Å²) < 4.78 is 16.0. The number of ether oxygens (including phenoxy) is 3. The molecule has 1 N–H and O–H groups in total. The average molecular weight is 429 g/mol. The molecule has 0 heterocycles. The van der Waals surface area contributed by atoms with E-state index in [1.807, 2.05) is 55.5 Å². The highest BCUT2D eigenvalue weighted by Gasteiger charge is 2.25. The van der Waals surface area contributed by atoms with Gasteiger partial charge in [-0.15, -0.1) is 0 Å². The lowest BCUT2D eigenvalue weighted by molar-refractivity contribution is -0.140. The quantitative estimate of drug-likeness (QED) is 0.524. The van der Waals surface area contributed by atoms with E-state index in [2.05, 4.69) is 5.32 Å². The van der Waals surface area contributed by atoms with Crippen LogP contribution >= 0.6 is 0 Å². The smallest absolute Gasteiger partial charge is 0.242 e. The number of amides is 2. The molecule has 0 saturated heterocycles. The van der Waals surface area contributed by atoms with Crippen molar-refractivity contribution < 1.29 is 23.8 Å². The number of hydrogen-bond donors (Lipinski definition) is 1. The Bertz CT molecular complexity index is 821. The summed E-state index contributed by atoms with van der Waals surface area (Å²) in [4.78, 5) is 27.0. The molecule has 31 heavy (non-hydrogen) atoms. The zero-order valence-corrected chi connectivity index (χ0v) is 18.7. The zero-order valence-electron chi connectivity index (χ0n) is 18.7. The molecule has 2 aromatic rings. The van der Waals surface area contributed by atoms with Crippen LogP contribution in [0.1, 0.15) is 32.3 Å². The van der Waals surface area contributed by atoms with Crippen molar-refractivity contribution in [3.63, 3.8) is 0 Å². The minimum Gasteiger partial charge on any atom is -0.497 e. The second-order valence-corrected chi connectivity index (χ2v) is 7.07. The Hall–Kier alpha value is -3.22. The van der Waals surface area contributed by atoms with Crippen LogP contribution in [0.25, 0.3) is 0 Å². The summed E-state index contributed by atoms with van der Waals surface area (Å²) in [5.41, 5.74) is 0.930. The van der Waals surface area contributed by atoms with E-state index in [1.54, 1.807) is 26.0 Å². The van der Waals surface area contributed by atoms with Gasteiger partial charge in [0.2, 0.25) is 11.8 Å². The van der Waals surface area contributed by atoms with Gasteiger partial charge in [0.05, 0.1) is 20.8 Å². The summed E-state index contributed by atoms with van der Waals surface area (Å²) in [6.45, 7) is 4.88. The van der Waals surface area contributed by atoms with E-state index in [0.717, 1.165) is 22.8 Å². The summed E-state index contributed by atoms with van der Waals surface area (Å²) in [6, 6.07) is 14.2. The highest BCUT2D eigenvalue weighted by molar-refractivity contribution is 5.87. The van der Waals surface area contributed by atoms with Crippen molar-refractivity contribution in [2.45, 2.75) is 39.3 Å². The average Bonchev–Trinajstić information content (AvgIpc) is 2.80. The zero-order chi connectivity index (χ0) is 22.6. The summed E-state index contributed by atoms with van der Waals surface area (Å²) in [5.74, 6) is 1.97. The number of benzene rings is 2. The molecule has 2 amide bonds. The molecule has 0 radical (unpaired) electrons. The van der Waals surface area contributed by atoms with Gasteiger partial charge < -0.3 is 24.4 Å². The Balaban J connectivity index is 1.96. The van der Waals surface area contributed by atoms with Crippen LogP contribution in [0.15, 0.2) is 48.5 Å². The molecule has 0 saturated carbocycles. The molecule has 0 aliphatic heterocycles. The van der Waals surface area contributed by atoms with Gasteiger partial charge in [0.15, 0.2) is 0 Å². The first-order chi connectivity index (χ1) is 15.0. The van der Waals surface area contributed by atoms with Gasteiger partial charge in [-0.3, -0.25) is 9.59 Å². The van der Waals surface area contributed by atoms with Crippen LogP contribution in [0, 0.1) is 0 Å². The predicted molar refractivity (Wildman–Crippen MR) is 119 cm³/mol. The second-order valence-electron chi connectivity index (χ2n) is 7.07. The van der Waals surface area contributed by atoms with E-state index >= 15 is 0 Å². The fraction of sp³-hybridized carbons (Fsp3) is 0.417. The van der Waals surface area contributed by atoms with Crippen LogP contribution < -0.4 is 19.5 Å². The number of nitrogens with one attached hydrogen (secondary N) is 1. The van der Waals surface area contributed by atoms with Gasteiger partial charge in [-0.2, -0.15) is 0 Å². The number of hydrogen-bond acceptors (Lipinski definition) is 5. The summed E-state index contributed by atoms with van der Waals surface area (Å²) >= 11 is 0. The van der Waals surface area contributed by atoms with Gasteiger partial charge in [0.1, 0.15) is 23.3 Å². The van der Waals surface area contributed by atoms with Crippen LogP contribution in [0.2, 0.25) is 0 Å². The molecule has 0 bridgehead atoms. The Labute approximate surface area is 184 Å². The molecule has 1 atom stereocenters. The highest BCUT2D eigenvalue weighted by Crippen LogP contribution is 2.18. The lowest BCUT2D eigenvalue weighted by Crippen LogP contribution is -2.47. The number of methoxy groups -OCH3 is 2. The van der Waals surface area contributed by atoms with Gasteiger partial charge in [0.25, 0.3) is 0 Å². The number of rotatable bonds is 12. The predicted octanol–water partition coefficient (Wildman–Crippen LogP) is 3.42. The molecule has 0 aliphatic rings. The van der Waals surface area contributed by atoms with E-state index in [4.69, 9.17) is 14.2 Å². The summed E-state index contributed by atoms with van der Waals surface area (Å²) in [6.07, 6.45) is 0.835. The van der Waals surface area contributed by atoms with E-state index < -0.39 is 6.04 Å². The number of carbonyl (C=O) groups excluding carboxylic acids is 2. The lowest BCUT2D eigenvalue weighted by atomic mass is 10.1. The van der Waals surface area contributed by atoms with Crippen LogP contribution in [0.5, 0.6) is 17.2 Å². The van der Waals surface area contributed by atoms with Crippen molar-refractivity contribution in [2.24, 2.45) is 0 Å². The highest BCUT2D eigenvalue weighted by atomic mass is 16.5. The molecule has 2 aromatic carbocycles. The maximum absolute atomic E-state index is 13.0. The Morgan fingerprint density at radius 3 is 2.03 bits per heavy atom. The fourth-order valence-electron chi connectivity index (χ4n) is 3.06. The van der Waals surface area contributed by atoms with E-state index in [1.165, 1.54) is 0 Å². The SMILES string of the molecule is CCNC(=O)[C@H](C)N(Cc1ccc(OC)cc1)C(=O)CCCOc1ccc(OC)cc1. The molecule has 2 rings (SSSR count). The first-order valence-electron chi connectivity index (χ1n) is 10.5. The second kappa shape index (κ2) is 12.5. The largest absolute Gasteiger partial charge is 0.497 e. The lowest BCUT2D eigenvalue weighted by Gasteiger charge is -2.29. The third-order valence-electron chi connectivity index (χ3n) is 4.89. The maximum Gasteiger partial charge on any atom is 0.242 e. The van der Waals surface area contributed by atoms with E-state index in [0.29, 0.717) is 26.1 Å². The molecule has 7 nitrogen and oxygen atoms in total. The number of nitrogens with zero attached hydrogens (tertiary/aromatic N) is 1. The third-order valence-corrected chi connectivity index (χ3v) is 4.89. The molecule has 0 aliphatic carbocycles. The Morgan fingerprint density at radius 1 is 0.935 bits per heavy atom. The maximum atomic E-state index is 13.0. The molecule has 0 spiro atoms. The van der Waals surface area contributed by atoms with Gasteiger partial charge in [-0.05, 0) is 62.2 Å². The van der Waals surface area contributed by atoms with Crippen molar-refractivity contribution in [3.05, 3.63) is 54.1 Å². The van der Waals surface area contributed by atoms with Crippen LogP contribution in [-0.4, -0.2) is 50.1 Å². The summed E-state index contributed by atoms with van der Waals surface area (Å²) in [7, 11) is 3.22. The molecule has 0 aromatic heterocycles. The van der Waals surface area contributed by atoms with Crippen LogP contribution in [0.4, 0.5) is 0 Å². The van der Waals surface area contributed by atoms with Gasteiger partial charge >= 0.3 is 0 Å². The topological polar surface area (TPSA) is 77.1 Å².